The van der Waals surface area contributed by atoms with E-state index < -0.39 is 5.91 Å². The quantitative estimate of drug-likeness (QED) is 0.550. The van der Waals surface area contributed by atoms with Crippen LogP contribution in [0.15, 0.2) is 29.4 Å². The van der Waals surface area contributed by atoms with Crippen molar-refractivity contribution < 1.29 is 14.3 Å². The first-order chi connectivity index (χ1) is 14.1. The predicted octanol–water partition coefficient (Wildman–Crippen LogP) is 2.05. The SMILES string of the molecule is COc1ccc(-n2nnnc2SCC(=O)Nc2sc3c(c2C(N)=O)CCC3)cc1. The number of nitrogens with one attached hydrogen (secondary N) is 1. The van der Waals surface area contributed by atoms with Crippen molar-refractivity contribution in [1.82, 2.24) is 20.2 Å². The third-order valence-corrected chi connectivity index (χ3v) is 6.64. The van der Waals surface area contributed by atoms with E-state index in [1.54, 1.807) is 23.9 Å². The molecule has 0 radical (unpaired) electrons. The molecule has 2 heterocycles. The molecule has 3 N–H and O–H groups in total. The van der Waals surface area contributed by atoms with Gasteiger partial charge in [-0.15, -0.1) is 16.4 Å². The summed E-state index contributed by atoms with van der Waals surface area (Å²) >= 11 is 2.64. The van der Waals surface area contributed by atoms with E-state index in [1.807, 2.05) is 12.1 Å². The molecule has 9 nitrogen and oxygen atoms in total. The van der Waals surface area contributed by atoms with Crippen molar-refractivity contribution in [3.05, 3.63) is 40.3 Å². The van der Waals surface area contributed by atoms with Crippen LogP contribution in [0.5, 0.6) is 5.75 Å². The summed E-state index contributed by atoms with van der Waals surface area (Å²) in [5.41, 5.74) is 7.72. The number of hydrogen-bond acceptors (Lipinski definition) is 8. The number of ether oxygens (including phenoxy) is 1. The number of carbonyl (C=O) groups excluding carboxylic acids is 2. The number of methoxy groups -OCH3 is 1. The summed E-state index contributed by atoms with van der Waals surface area (Å²) < 4.78 is 6.70. The number of nitrogens with two attached hydrogens (primary N) is 1. The fraction of sp³-hybridized carbons (Fsp3) is 0.278. The second-order valence-electron chi connectivity index (χ2n) is 6.33. The molecule has 29 heavy (non-hydrogen) atoms. The van der Waals surface area contributed by atoms with Crippen molar-refractivity contribution >= 4 is 39.9 Å². The lowest BCUT2D eigenvalue weighted by Gasteiger charge is -2.07. The molecular formula is C18H18N6O3S2. The van der Waals surface area contributed by atoms with Crippen LogP contribution in [-0.4, -0.2) is 44.9 Å². The zero-order valence-electron chi connectivity index (χ0n) is 15.5. The van der Waals surface area contributed by atoms with Crippen molar-refractivity contribution in [3.8, 4) is 11.4 Å². The first-order valence-corrected chi connectivity index (χ1v) is 10.7. The lowest BCUT2D eigenvalue weighted by molar-refractivity contribution is -0.113. The van der Waals surface area contributed by atoms with Crippen molar-refractivity contribution in [1.29, 1.82) is 0 Å². The minimum absolute atomic E-state index is 0.0945. The summed E-state index contributed by atoms with van der Waals surface area (Å²) in [5.74, 6) is 0.0677. The van der Waals surface area contributed by atoms with Gasteiger partial charge in [-0.2, -0.15) is 4.68 Å². The lowest BCUT2D eigenvalue weighted by atomic mass is 10.1. The van der Waals surface area contributed by atoms with Crippen molar-refractivity contribution in [2.24, 2.45) is 5.73 Å². The van der Waals surface area contributed by atoms with Gasteiger partial charge in [-0.05, 0) is 59.5 Å². The number of amides is 2. The molecule has 3 aromatic rings. The van der Waals surface area contributed by atoms with Gasteiger partial charge in [0.15, 0.2) is 0 Å². The number of nitrogens with zero attached hydrogens (tertiary/aromatic N) is 4. The van der Waals surface area contributed by atoms with E-state index in [9.17, 15) is 9.59 Å². The molecule has 0 atom stereocenters. The van der Waals surface area contributed by atoms with Gasteiger partial charge in [0.1, 0.15) is 10.8 Å². The number of aryl methyl sites for hydroxylation is 1. The van der Waals surface area contributed by atoms with E-state index in [0.29, 0.717) is 15.7 Å². The highest BCUT2D eigenvalue weighted by Crippen LogP contribution is 2.38. The maximum Gasteiger partial charge on any atom is 0.251 e. The fourth-order valence-corrected chi connectivity index (χ4v) is 5.20. The largest absolute Gasteiger partial charge is 0.497 e. The summed E-state index contributed by atoms with van der Waals surface area (Å²) in [5, 5.41) is 15.5. The Morgan fingerprint density at radius 2 is 2.10 bits per heavy atom. The number of fused-ring (bicyclic) bond motifs is 1. The molecule has 2 amide bonds. The zero-order chi connectivity index (χ0) is 20.4. The maximum absolute atomic E-state index is 12.5. The number of carbonyl (C=O) groups is 2. The molecule has 0 saturated carbocycles. The molecule has 0 aliphatic heterocycles. The lowest BCUT2D eigenvalue weighted by Crippen LogP contribution is -2.19. The van der Waals surface area contributed by atoms with Gasteiger partial charge >= 0.3 is 0 Å². The molecule has 0 fully saturated rings. The number of rotatable bonds is 7. The van der Waals surface area contributed by atoms with Crippen LogP contribution in [0, 0.1) is 0 Å². The van der Waals surface area contributed by atoms with Crippen LogP contribution < -0.4 is 15.8 Å². The van der Waals surface area contributed by atoms with Gasteiger partial charge in [0.25, 0.3) is 5.91 Å². The van der Waals surface area contributed by atoms with Gasteiger partial charge in [-0.25, -0.2) is 0 Å². The van der Waals surface area contributed by atoms with E-state index in [2.05, 4.69) is 20.8 Å². The Morgan fingerprint density at radius 1 is 1.31 bits per heavy atom. The summed E-state index contributed by atoms with van der Waals surface area (Å²) in [4.78, 5) is 25.4. The maximum atomic E-state index is 12.5. The van der Waals surface area contributed by atoms with Crippen LogP contribution in [0.25, 0.3) is 5.69 Å². The number of thioether (sulfide) groups is 1. The van der Waals surface area contributed by atoms with Crippen LogP contribution >= 0.6 is 23.1 Å². The molecule has 11 heteroatoms. The Labute approximate surface area is 174 Å². The summed E-state index contributed by atoms with van der Waals surface area (Å²) in [6, 6.07) is 7.26. The molecule has 0 saturated heterocycles. The van der Waals surface area contributed by atoms with Gasteiger partial charge in [-0.1, -0.05) is 11.8 Å². The molecule has 0 unspecified atom stereocenters. The van der Waals surface area contributed by atoms with Crippen LogP contribution in [0.1, 0.15) is 27.2 Å². The molecule has 150 valence electrons. The standard InChI is InChI=1S/C18H18N6O3S2/c1-27-11-7-5-10(6-8-11)24-18(21-22-23-24)28-9-14(25)20-17-15(16(19)26)12-3-2-4-13(12)29-17/h5-8H,2-4,9H2,1H3,(H2,19,26)(H,20,25). The molecule has 1 aliphatic rings. The molecular weight excluding hydrogens is 412 g/mol. The highest BCUT2D eigenvalue weighted by atomic mass is 32.2. The average molecular weight is 431 g/mol. The van der Waals surface area contributed by atoms with E-state index in [0.717, 1.165) is 41.1 Å². The monoisotopic (exact) mass is 430 g/mol. The first kappa shape index (κ1) is 19.4. The van der Waals surface area contributed by atoms with Crippen LogP contribution in [0.2, 0.25) is 0 Å². The smallest absolute Gasteiger partial charge is 0.251 e. The number of primary amides is 1. The number of hydrogen-bond donors (Lipinski definition) is 2. The highest BCUT2D eigenvalue weighted by molar-refractivity contribution is 7.99. The summed E-state index contributed by atoms with van der Waals surface area (Å²) in [7, 11) is 1.60. The van der Waals surface area contributed by atoms with Crippen LogP contribution in [0.3, 0.4) is 0 Å². The predicted molar refractivity (Wildman–Crippen MR) is 110 cm³/mol. The Bertz CT molecular complexity index is 1060. The van der Waals surface area contributed by atoms with E-state index in [1.165, 1.54) is 23.1 Å². The topological polar surface area (TPSA) is 125 Å². The third-order valence-electron chi connectivity index (χ3n) is 4.51. The van der Waals surface area contributed by atoms with Crippen molar-refractivity contribution in [2.45, 2.75) is 24.4 Å². The number of thiophene rings is 1. The Kier molecular flexibility index (Phi) is 5.49. The molecule has 2 aromatic heterocycles. The fourth-order valence-electron chi connectivity index (χ4n) is 3.20. The van der Waals surface area contributed by atoms with Gasteiger partial charge in [0.05, 0.1) is 24.1 Å². The second kappa shape index (κ2) is 8.21. The van der Waals surface area contributed by atoms with E-state index in [4.69, 9.17) is 10.5 Å². The normalized spacial score (nSPS) is 12.6. The highest BCUT2D eigenvalue weighted by Gasteiger charge is 2.26. The molecule has 1 aliphatic carbocycles. The van der Waals surface area contributed by atoms with Gasteiger partial charge < -0.3 is 15.8 Å². The van der Waals surface area contributed by atoms with Crippen LogP contribution in [0.4, 0.5) is 5.00 Å². The molecule has 0 bridgehead atoms. The number of aromatic nitrogens is 4. The van der Waals surface area contributed by atoms with Crippen molar-refractivity contribution in [2.75, 3.05) is 18.2 Å². The van der Waals surface area contributed by atoms with Gasteiger partial charge in [0.2, 0.25) is 11.1 Å². The average Bonchev–Trinajstić information content (AvgIpc) is 3.42. The minimum Gasteiger partial charge on any atom is -0.497 e. The number of anilines is 1. The molecule has 4 rings (SSSR count). The summed E-state index contributed by atoms with van der Waals surface area (Å²) in [6.07, 6.45) is 2.76. The zero-order valence-corrected chi connectivity index (χ0v) is 17.2. The van der Waals surface area contributed by atoms with Crippen molar-refractivity contribution in [3.63, 3.8) is 0 Å². The Morgan fingerprint density at radius 3 is 2.83 bits per heavy atom. The Hall–Kier alpha value is -2.92. The number of tetrazole rings is 1. The first-order valence-electron chi connectivity index (χ1n) is 8.86. The van der Waals surface area contributed by atoms with E-state index >= 15 is 0 Å². The Balaban J connectivity index is 1.44. The molecule has 0 spiro atoms. The van der Waals surface area contributed by atoms with Gasteiger partial charge in [0, 0.05) is 4.88 Å². The minimum atomic E-state index is -0.504. The van der Waals surface area contributed by atoms with Gasteiger partial charge in [-0.3, -0.25) is 9.59 Å². The number of benzene rings is 1. The summed E-state index contributed by atoms with van der Waals surface area (Å²) in [6.45, 7) is 0. The van der Waals surface area contributed by atoms with Crippen LogP contribution in [-0.2, 0) is 17.6 Å². The molecule has 1 aromatic carbocycles. The van der Waals surface area contributed by atoms with E-state index in [-0.39, 0.29) is 11.7 Å². The third kappa shape index (κ3) is 3.96. The second-order valence-corrected chi connectivity index (χ2v) is 8.38.